The van der Waals surface area contributed by atoms with Gasteiger partial charge in [0.15, 0.2) is 0 Å². The lowest BCUT2D eigenvalue weighted by Crippen LogP contribution is -1.92. The van der Waals surface area contributed by atoms with Crippen LogP contribution >= 0.6 is 23.4 Å². The van der Waals surface area contributed by atoms with Gasteiger partial charge in [-0.25, -0.2) is 0 Å². The molecule has 6 heteroatoms. The Bertz CT molecular complexity index is 431. The van der Waals surface area contributed by atoms with Crippen LogP contribution in [0.1, 0.15) is 12.0 Å². The van der Waals surface area contributed by atoms with E-state index in [0.717, 1.165) is 17.1 Å². The molecular weight excluding hydrogens is 248 g/mol. The van der Waals surface area contributed by atoms with Gasteiger partial charge in [-0.3, -0.25) is 10.1 Å². The summed E-state index contributed by atoms with van der Waals surface area (Å²) >= 11 is 7.07. The van der Waals surface area contributed by atoms with Gasteiger partial charge < -0.3 is 0 Å². The number of nitro groups is 1. The molecule has 0 aliphatic rings. The maximum atomic E-state index is 10.6. The van der Waals surface area contributed by atoms with Crippen LogP contribution in [-0.2, 0) is 0 Å². The lowest BCUT2D eigenvalue weighted by Gasteiger charge is -2.01. The average Bonchev–Trinajstić information content (AvgIpc) is 2.29. The maximum Gasteiger partial charge on any atom is 0.287 e. The van der Waals surface area contributed by atoms with E-state index in [4.69, 9.17) is 16.9 Å². The number of benzene rings is 1. The third kappa shape index (κ3) is 3.40. The van der Waals surface area contributed by atoms with Gasteiger partial charge >= 0.3 is 0 Å². The molecule has 0 bridgehead atoms. The molecule has 0 heterocycles. The highest BCUT2D eigenvalue weighted by molar-refractivity contribution is 7.99. The summed E-state index contributed by atoms with van der Waals surface area (Å²) in [5, 5.41) is 19.4. The van der Waals surface area contributed by atoms with Crippen LogP contribution in [0.15, 0.2) is 23.1 Å². The number of nitriles is 1. The van der Waals surface area contributed by atoms with Gasteiger partial charge in [0.1, 0.15) is 11.6 Å². The fourth-order valence-corrected chi connectivity index (χ4v) is 2.28. The Labute approximate surface area is 102 Å². The zero-order chi connectivity index (χ0) is 12.0. The smallest absolute Gasteiger partial charge is 0.258 e. The van der Waals surface area contributed by atoms with Crippen LogP contribution in [0.25, 0.3) is 0 Å². The molecule has 1 rings (SSSR count). The Balaban J connectivity index is 2.84. The van der Waals surface area contributed by atoms with Crippen LogP contribution in [0.4, 0.5) is 5.69 Å². The van der Waals surface area contributed by atoms with Crippen LogP contribution < -0.4 is 0 Å². The van der Waals surface area contributed by atoms with E-state index in [0.29, 0.717) is 5.88 Å². The molecule has 84 valence electrons. The average molecular weight is 257 g/mol. The molecule has 1 aromatic rings. The van der Waals surface area contributed by atoms with E-state index in [1.54, 1.807) is 6.07 Å². The highest BCUT2D eigenvalue weighted by atomic mass is 35.5. The van der Waals surface area contributed by atoms with Crippen LogP contribution in [0.3, 0.4) is 0 Å². The first-order valence-electron chi connectivity index (χ1n) is 4.56. The van der Waals surface area contributed by atoms with Crippen molar-refractivity contribution in [2.24, 2.45) is 0 Å². The first-order chi connectivity index (χ1) is 7.69. The Kier molecular flexibility index (Phi) is 5.09. The fraction of sp³-hybridized carbons (Fsp3) is 0.300. The van der Waals surface area contributed by atoms with E-state index in [1.807, 2.05) is 6.07 Å². The van der Waals surface area contributed by atoms with Gasteiger partial charge in [-0.15, -0.1) is 23.4 Å². The minimum absolute atomic E-state index is 0.0980. The number of nitro benzene ring substituents is 1. The summed E-state index contributed by atoms with van der Waals surface area (Å²) in [7, 11) is 0. The van der Waals surface area contributed by atoms with E-state index in [2.05, 4.69) is 0 Å². The Hall–Kier alpha value is -1.25. The van der Waals surface area contributed by atoms with Gasteiger partial charge in [0.25, 0.3) is 5.69 Å². The summed E-state index contributed by atoms with van der Waals surface area (Å²) in [4.78, 5) is 10.9. The molecule has 0 unspecified atom stereocenters. The Morgan fingerprint density at radius 3 is 2.88 bits per heavy atom. The number of rotatable bonds is 5. The molecule has 4 nitrogen and oxygen atoms in total. The van der Waals surface area contributed by atoms with Crippen molar-refractivity contribution < 1.29 is 4.92 Å². The van der Waals surface area contributed by atoms with E-state index in [-0.39, 0.29) is 11.3 Å². The SMILES string of the molecule is N#Cc1cc(SCCCCl)ccc1[N+](=O)[O-]. The van der Waals surface area contributed by atoms with Crippen molar-refractivity contribution in [3.63, 3.8) is 0 Å². The summed E-state index contributed by atoms with van der Waals surface area (Å²) in [5.41, 5.74) is -0.0509. The molecule has 1 aromatic carbocycles. The van der Waals surface area contributed by atoms with Gasteiger partial charge in [0.2, 0.25) is 0 Å². The first kappa shape index (κ1) is 12.8. The third-order valence-electron chi connectivity index (χ3n) is 1.83. The summed E-state index contributed by atoms with van der Waals surface area (Å²) in [5.74, 6) is 1.43. The quantitative estimate of drug-likeness (QED) is 0.267. The molecule has 0 amide bonds. The summed E-state index contributed by atoms with van der Waals surface area (Å²) in [6.45, 7) is 0. The summed E-state index contributed by atoms with van der Waals surface area (Å²) in [6.07, 6.45) is 0.866. The minimum Gasteiger partial charge on any atom is -0.258 e. The predicted octanol–water partition coefficient (Wildman–Crippen LogP) is 3.19. The minimum atomic E-state index is -0.550. The number of nitrogens with zero attached hydrogens (tertiary/aromatic N) is 2. The van der Waals surface area contributed by atoms with Crippen LogP contribution in [0, 0.1) is 21.4 Å². The van der Waals surface area contributed by atoms with E-state index in [1.165, 1.54) is 23.9 Å². The molecule has 0 saturated carbocycles. The number of hydrogen-bond donors (Lipinski definition) is 0. The van der Waals surface area contributed by atoms with Crippen LogP contribution in [0.2, 0.25) is 0 Å². The van der Waals surface area contributed by atoms with Crippen molar-refractivity contribution >= 4 is 29.1 Å². The standard InChI is InChI=1S/C10H9ClN2O2S/c11-4-1-5-16-9-2-3-10(13(14)15)8(6-9)7-12/h2-3,6H,1,4-5H2. The Morgan fingerprint density at radius 1 is 1.56 bits per heavy atom. The lowest BCUT2D eigenvalue weighted by molar-refractivity contribution is -0.385. The fourth-order valence-electron chi connectivity index (χ4n) is 1.10. The lowest BCUT2D eigenvalue weighted by atomic mass is 10.2. The van der Waals surface area contributed by atoms with Gasteiger partial charge in [-0.1, -0.05) is 0 Å². The van der Waals surface area contributed by atoms with Gasteiger partial charge in [0.05, 0.1) is 4.92 Å². The molecule has 0 spiro atoms. The second kappa shape index (κ2) is 6.36. The second-order valence-electron chi connectivity index (χ2n) is 2.94. The van der Waals surface area contributed by atoms with E-state index >= 15 is 0 Å². The van der Waals surface area contributed by atoms with Gasteiger partial charge in [-0.2, -0.15) is 5.26 Å². The molecule has 0 aromatic heterocycles. The van der Waals surface area contributed by atoms with Crippen molar-refractivity contribution in [1.82, 2.24) is 0 Å². The van der Waals surface area contributed by atoms with Crippen molar-refractivity contribution in [3.05, 3.63) is 33.9 Å². The molecule has 0 saturated heterocycles. The first-order valence-corrected chi connectivity index (χ1v) is 6.08. The number of alkyl halides is 1. The number of halogens is 1. The zero-order valence-electron chi connectivity index (χ0n) is 8.35. The number of thioether (sulfide) groups is 1. The molecule has 0 aliphatic carbocycles. The normalized spacial score (nSPS) is 9.75. The zero-order valence-corrected chi connectivity index (χ0v) is 9.92. The second-order valence-corrected chi connectivity index (χ2v) is 4.49. The molecule has 0 atom stereocenters. The molecule has 0 radical (unpaired) electrons. The molecule has 16 heavy (non-hydrogen) atoms. The topological polar surface area (TPSA) is 66.9 Å². The highest BCUT2D eigenvalue weighted by Crippen LogP contribution is 2.25. The van der Waals surface area contributed by atoms with Crippen molar-refractivity contribution in [3.8, 4) is 6.07 Å². The highest BCUT2D eigenvalue weighted by Gasteiger charge is 2.13. The van der Waals surface area contributed by atoms with Crippen molar-refractivity contribution in [2.75, 3.05) is 11.6 Å². The Morgan fingerprint density at radius 2 is 2.31 bits per heavy atom. The van der Waals surface area contributed by atoms with Crippen LogP contribution in [0.5, 0.6) is 0 Å². The molecule has 0 aliphatic heterocycles. The molecule has 0 N–H and O–H groups in total. The van der Waals surface area contributed by atoms with Crippen molar-refractivity contribution in [1.29, 1.82) is 5.26 Å². The largest absolute Gasteiger partial charge is 0.287 e. The predicted molar refractivity (Wildman–Crippen MR) is 63.9 cm³/mol. The molecule has 0 fully saturated rings. The van der Waals surface area contributed by atoms with E-state index < -0.39 is 4.92 Å². The van der Waals surface area contributed by atoms with Gasteiger partial charge in [-0.05, 0) is 24.3 Å². The monoisotopic (exact) mass is 256 g/mol. The van der Waals surface area contributed by atoms with E-state index in [9.17, 15) is 10.1 Å². The molecular formula is C10H9ClN2O2S. The van der Waals surface area contributed by atoms with Crippen molar-refractivity contribution in [2.45, 2.75) is 11.3 Å². The van der Waals surface area contributed by atoms with Gasteiger partial charge in [0, 0.05) is 16.8 Å². The summed E-state index contributed by atoms with van der Waals surface area (Å²) in [6, 6.07) is 6.38. The number of hydrogen-bond acceptors (Lipinski definition) is 4. The van der Waals surface area contributed by atoms with Crippen LogP contribution in [-0.4, -0.2) is 16.6 Å². The maximum absolute atomic E-state index is 10.6. The summed E-state index contributed by atoms with van der Waals surface area (Å²) < 4.78 is 0. The third-order valence-corrected chi connectivity index (χ3v) is 3.18.